The van der Waals surface area contributed by atoms with E-state index >= 15 is 0 Å². The molecule has 0 saturated carbocycles. The van der Waals surface area contributed by atoms with Crippen molar-refractivity contribution in [2.24, 2.45) is 5.41 Å². The predicted molar refractivity (Wildman–Crippen MR) is 81.6 cm³/mol. The van der Waals surface area contributed by atoms with Gasteiger partial charge in [-0.2, -0.15) is 18.4 Å². The number of nitrogens with one attached hydrogen (secondary N) is 2. The van der Waals surface area contributed by atoms with Crippen LogP contribution in [0.15, 0.2) is 23.1 Å². The van der Waals surface area contributed by atoms with Crippen molar-refractivity contribution in [1.82, 2.24) is 10.0 Å². The number of nitrogens with zero attached hydrogens (tertiary/aromatic N) is 1. The molecule has 1 aliphatic heterocycles. The molecule has 0 radical (unpaired) electrons. The molecule has 2 N–H and O–H groups in total. The van der Waals surface area contributed by atoms with Crippen LogP contribution in [0.1, 0.15) is 30.9 Å². The molecular weight excluding hydrogens is 343 g/mol. The van der Waals surface area contributed by atoms with Crippen molar-refractivity contribution in [2.45, 2.75) is 30.8 Å². The quantitative estimate of drug-likeness (QED) is 0.862. The molecule has 0 bridgehead atoms. The SMILES string of the molecule is CC1(CNS(=O)(=O)c2ccc(C#N)c(C(F)(F)F)c2)CCNCC1. The first-order valence-electron chi connectivity index (χ1n) is 7.39. The summed E-state index contributed by atoms with van der Waals surface area (Å²) < 4.78 is 65.9. The molecule has 1 saturated heterocycles. The summed E-state index contributed by atoms with van der Waals surface area (Å²) in [5.41, 5.74) is -2.09. The van der Waals surface area contributed by atoms with Gasteiger partial charge in [-0.15, -0.1) is 0 Å². The lowest BCUT2D eigenvalue weighted by atomic mass is 9.81. The molecule has 0 aliphatic carbocycles. The van der Waals surface area contributed by atoms with Gasteiger partial charge in [0.25, 0.3) is 0 Å². The Morgan fingerprint density at radius 2 is 1.96 bits per heavy atom. The molecule has 1 aromatic rings. The first kappa shape index (κ1) is 18.7. The second kappa shape index (κ2) is 6.70. The number of benzene rings is 1. The molecule has 2 rings (SSSR count). The summed E-state index contributed by atoms with van der Waals surface area (Å²) in [6, 6.07) is 3.83. The van der Waals surface area contributed by atoms with E-state index in [4.69, 9.17) is 5.26 Å². The van der Waals surface area contributed by atoms with Gasteiger partial charge in [-0.3, -0.25) is 0 Å². The molecule has 5 nitrogen and oxygen atoms in total. The summed E-state index contributed by atoms with van der Waals surface area (Å²) in [5, 5.41) is 11.9. The second-order valence-electron chi connectivity index (χ2n) is 6.20. The average molecular weight is 361 g/mol. The maximum absolute atomic E-state index is 13.0. The molecular formula is C15H18F3N3O2S. The molecule has 9 heteroatoms. The van der Waals surface area contributed by atoms with E-state index in [2.05, 4.69) is 10.0 Å². The summed E-state index contributed by atoms with van der Waals surface area (Å²) in [6.45, 7) is 3.63. The number of hydrogen-bond donors (Lipinski definition) is 2. The van der Waals surface area contributed by atoms with Crippen molar-refractivity contribution in [3.63, 3.8) is 0 Å². The third-order valence-electron chi connectivity index (χ3n) is 4.23. The van der Waals surface area contributed by atoms with Crippen LogP contribution in [0.25, 0.3) is 0 Å². The van der Waals surface area contributed by atoms with Crippen molar-refractivity contribution in [3.05, 3.63) is 29.3 Å². The highest BCUT2D eigenvalue weighted by molar-refractivity contribution is 7.89. The minimum Gasteiger partial charge on any atom is -0.317 e. The summed E-state index contributed by atoms with van der Waals surface area (Å²) >= 11 is 0. The molecule has 132 valence electrons. The zero-order chi connectivity index (χ0) is 18.0. The van der Waals surface area contributed by atoms with Gasteiger partial charge in [-0.25, -0.2) is 13.1 Å². The molecule has 1 fully saturated rings. The zero-order valence-corrected chi connectivity index (χ0v) is 13.9. The second-order valence-corrected chi connectivity index (χ2v) is 7.97. The molecule has 1 aliphatic rings. The Labute approximate surface area is 138 Å². The normalized spacial score (nSPS) is 18.1. The number of sulfonamides is 1. The van der Waals surface area contributed by atoms with Crippen molar-refractivity contribution < 1.29 is 21.6 Å². The Balaban J connectivity index is 2.25. The van der Waals surface area contributed by atoms with Gasteiger partial charge in [-0.05, 0) is 49.5 Å². The lowest BCUT2D eigenvalue weighted by molar-refractivity contribution is -0.137. The Morgan fingerprint density at radius 1 is 1.33 bits per heavy atom. The van der Waals surface area contributed by atoms with Crippen LogP contribution in [-0.2, 0) is 16.2 Å². The number of hydrogen-bond acceptors (Lipinski definition) is 4. The van der Waals surface area contributed by atoms with Crippen LogP contribution in [0.5, 0.6) is 0 Å². The lowest BCUT2D eigenvalue weighted by Crippen LogP contribution is -2.42. The highest BCUT2D eigenvalue weighted by atomic mass is 32.2. The van der Waals surface area contributed by atoms with Gasteiger partial charge < -0.3 is 5.32 Å². The number of rotatable bonds is 4. The van der Waals surface area contributed by atoms with Crippen LogP contribution in [0.4, 0.5) is 13.2 Å². The topological polar surface area (TPSA) is 82.0 Å². The Morgan fingerprint density at radius 3 is 2.50 bits per heavy atom. The van der Waals surface area contributed by atoms with E-state index in [1.54, 1.807) is 0 Å². The Kier molecular flexibility index (Phi) is 5.22. The van der Waals surface area contributed by atoms with Crippen LogP contribution >= 0.6 is 0 Å². The lowest BCUT2D eigenvalue weighted by Gasteiger charge is -2.34. The summed E-state index contributed by atoms with van der Waals surface area (Å²) in [5.74, 6) is 0. The summed E-state index contributed by atoms with van der Waals surface area (Å²) in [4.78, 5) is -0.494. The van der Waals surface area contributed by atoms with E-state index < -0.39 is 32.2 Å². The minimum absolute atomic E-state index is 0.151. The Hall–Kier alpha value is -1.63. The van der Waals surface area contributed by atoms with Crippen LogP contribution in [0.2, 0.25) is 0 Å². The standard InChI is InChI=1S/C15H18F3N3O2S/c1-14(4-6-20-7-5-14)10-21-24(22,23)12-3-2-11(9-19)13(8-12)15(16,17)18/h2-3,8,20-21H,4-7,10H2,1H3. The summed E-state index contributed by atoms with van der Waals surface area (Å²) in [6.07, 6.45) is -3.25. The molecule has 0 unspecified atom stereocenters. The molecule has 0 aromatic heterocycles. The first-order chi connectivity index (χ1) is 11.1. The van der Waals surface area contributed by atoms with E-state index in [1.165, 1.54) is 6.07 Å². The van der Waals surface area contributed by atoms with E-state index in [1.807, 2.05) is 6.92 Å². The number of nitriles is 1. The van der Waals surface area contributed by atoms with Crippen molar-refractivity contribution in [2.75, 3.05) is 19.6 Å². The van der Waals surface area contributed by atoms with Gasteiger partial charge in [0.1, 0.15) is 0 Å². The van der Waals surface area contributed by atoms with Crippen molar-refractivity contribution in [3.8, 4) is 6.07 Å². The van der Waals surface area contributed by atoms with Gasteiger partial charge in [0.2, 0.25) is 10.0 Å². The van der Waals surface area contributed by atoms with Gasteiger partial charge in [0, 0.05) is 6.54 Å². The Bertz CT molecular complexity index is 748. The fraction of sp³-hybridized carbons (Fsp3) is 0.533. The third-order valence-corrected chi connectivity index (χ3v) is 5.63. The van der Waals surface area contributed by atoms with E-state index in [0.717, 1.165) is 38.1 Å². The molecule has 0 amide bonds. The molecule has 0 spiro atoms. The van der Waals surface area contributed by atoms with Gasteiger partial charge in [0.05, 0.1) is 22.1 Å². The van der Waals surface area contributed by atoms with Gasteiger partial charge in [0.15, 0.2) is 0 Å². The minimum atomic E-state index is -4.79. The molecule has 1 heterocycles. The third kappa shape index (κ3) is 4.26. The van der Waals surface area contributed by atoms with Crippen LogP contribution < -0.4 is 10.0 Å². The highest BCUT2D eigenvalue weighted by Gasteiger charge is 2.35. The van der Waals surface area contributed by atoms with Crippen LogP contribution in [0.3, 0.4) is 0 Å². The van der Waals surface area contributed by atoms with Gasteiger partial charge in [-0.1, -0.05) is 6.92 Å². The highest BCUT2D eigenvalue weighted by Crippen LogP contribution is 2.33. The maximum Gasteiger partial charge on any atom is 0.417 e. The zero-order valence-electron chi connectivity index (χ0n) is 13.1. The van der Waals surface area contributed by atoms with E-state index in [0.29, 0.717) is 6.07 Å². The van der Waals surface area contributed by atoms with E-state index in [9.17, 15) is 21.6 Å². The van der Waals surface area contributed by atoms with Crippen LogP contribution in [-0.4, -0.2) is 28.1 Å². The van der Waals surface area contributed by atoms with Crippen LogP contribution in [0, 0.1) is 16.7 Å². The largest absolute Gasteiger partial charge is 0.417 e. The fourth-order valence-corrected chi connectivity index (χ4v) is 3.81. The molecule has 0 atom stereocenters. The molecule has 24 heavy (non-hydrogen) atoms. The van der Waals surface area contributed by atoms with E-state index in [-0.39, 0.29) is 12.0 Å². The number of piperidine rings is 1. The average Bonchev–Trinajstić information content (AvgIpc) is 2.52. The fourth-order valence-electron chi connectivity index (χ4n) is 2.58. The monoisotopic (exact) mass is 361 g/mol. The molecule has 1 aromatic carbocycles. The smallest absolute Gasteiger partial charge is 0.317 e. The first-order valence-corrected chi connectivity index (χ1v) is 8.87. The summed E-state index contributed by atoms with van der Waals surface area (Å²) in [7, 11) is -4.09. The predicted octanol–water partition coefficient (Wildman–Crippen LogP) is 2.25. The number of halogens is 3. The van der Waals surface area contributed by atoms with Gasteiger partial charge >= 0.3 is 6.18 Å². The maximum atomic E-state index is 13.0. The van der Waals surface area contributed by atoms with Crippen molar-refractivity contribution >= 4 is 10.0 Å². The number of alkyl halides is 3. The van der Waals surface area contributed by atoms with Crippen molar-refractivity contribution in [1.29, 1.82) is 5.26 Å².